The fourth-order valence-electron chi connectivity index (χ4n) is 1.73. The van der Waals surface area contributed by atoms with Gasteiger partial charge in [0.1, 0.15) is 4.21 Å². The Kier molecular flexibility index (Phi) is 3.47. The molecule has 0 saturated heterocycles. The van der Waals surface area contributed by atoms with Gasteiger partial charge >= 0.3 is 0 Å². The molecule has 0 spiro atoms. The lowest BCUT2D eigenvalue weighted by atomic mass is 10.3. The smallest absolute Gasteiger partial charge is 0.271 e. The minimum absolute atomic E-state index is 0.266. The minimum Gasteiger partial charge on any atom is -0.326 e. The van der Waals surface area contributed by atoms with Crippen molar-refractivity contribution in [3.8, 4) is 0 Å². The van der Waals surface area contributed by atoms with Crippen LogP contribution in [-0.2, 0) is 16.6 Å². The van der Waals surface area contributed by atoms with Gasteiger partial charge in [0.2, 0.25) is 0 Å². The molecule has 1 aromatic carbocycles. The molecule has 0 fully saturated rings. The van der Waals surface area contributed by atoms with Crippen LogP contribution in [0.4, 0.5) is 5.69 Å². The number of nitrogens with zero attached hydrogens (tertiary/aromatic N) is 1. The lowest BCUT2D eigenvalue weighted by Gasteiger charge is -2.05. The maximum absolute atomic E-state index is 12.3. The summed E-state index contributed by atoms with van der Waals surface area (Å²) in [5.74, 6) is 0. The van der Waals surface area contributed by atoms with Gasteiger partial charge in [-0.1, -0.05) is 0 Å². The summed E-state index contributed by atoms with van der Waals surface area (Å²) in [6.07, 6.45) is 0. The number of nitrogens with one attached hydrogen (secondary N) is 1. The van der Waals surface area contributed by atoms with Gasteiger partial charge in [-0.2, -0.15) is 0 Å². The van der Waals surface area contributed by atoms with E-state index in [1.807, 2.05) is 0 Å². The van der Waals surface area contributed by atoms with E-state index in [1.165, 1.54) is 22.7 Å². The van der Waals surface area contributed by atoms with Crippen LogP contribution in [0.2, 0.25) is 0 Å². The van der Waals surface area contributed by atoms with Crippen LogP contribution < -0.4 is 10.5 Å². The number of anilines is 1. The van der Waals surface area contributed by atoms with Gasteiger partial charge in [0.25, 0.3) is 10.0 Å². The van der Waals surface area contributed by atoms with E-state index in [0.717, 1.165) is 15.8 Å². The molecule has 2 heterocycles. The second-order valence-electron chi connectivity index (χ2n) is 4.12. The van der Waals surface area contributed by atoms with Gasteiger partial charge in [-0.25, -0.2) is 13.4 Å². The van der Waals surface area contributed by atoms with Gasteiger partial charge in [-0.15, -0.1) is 22.7 Å². The second-order valence-corrected chi connectivity index (χ2v) is 7.83. The van der Waals surface area contributed by atoms with Crippen LogP contribution in [0.15, 0.2) is 39.4 Å². The van der Waals surface area contributed by atoms with Crippen LogP contribution in [0.5, 0.6) is 0 Å². The predicted molar refractivity (Wildman–Crippen MR) is 82.6 cm³/mol. The number of rotatable bonds is 4. The first-order valence-electron chi connectivity index (χ1n) is 5.72. The van der Waals surface area contributed by atoms with E-state index in [4.69, 9.17) is 5.73 Å². The molecule has 0 radical (unpaired) electrons. The number of hydrogen-bond acceptors (Lipinski definition) is 6. The number of thiophene rings is 1. The monoisotopic (exact) mass is 325 g/mol. The molecule has 0 aliphatic rings. The van der Waals surface area contributed by atoms with Gasteiger partial charge in [0.05, 0.1) is 21.4 Å². The van der Waals surface area contributed by atoms with Crippen molar-refractivity contribution < 1.29 is 8.42 Å². The highest BCUT2D eigenvalue weighted by atomic mass is 32.2. The molecule has 20 heavy (non-hydrogen) atoms. The fraction of sp³-hybridized carbons (Fsp3) is 0.0833. The molecule has 3 N–H and O–H groups in total. The molecule has 0 unspecified atom stereocenters. The van der Waals surface area contributed by atoms with E-state index in [0.29, 0.717) is 12.2 Å². The molecule has 0 aliphatic heterocycles. The molecule has 5 nitrogen and oxygen atoms in total. The van der Waals surface area contributed by atoms with Gasteiger partial charge in [-0.3, -0.25) is 4.72 Å². The zero-order chi connectivity index (χ0) is 14.2. The normalized spacial score (nSPS) is 11.8. The summed E-state index contributed by atoms with van der Waals surface area (Å²) in [4.78, 5) is 4.16. The highest BCUT2D eigenvalue weighted by Crippen LogP contribution is 2.26. The standard InChI is InChI=1S/C12H11N3O2S3/c13-5-8-3-12(18-6-8)20(16,17)15-9-1-2-10-11(4-9)19-7-14-10/h1-4,6-7,15H,5,13H2. The lowest BCUT2D eigenvalue weighted by molar-refractivity contribution is 0.603. The summed E-state index contributed by atoms with van der Waals surface area (Å²) in [6, 6.07) is 6.88. The van der Waals surface area contributed by atoms with Crippen molar-refractivity contribution in [2.24, 2.45) is 5.73 Å². The molecule has 0 bridgehead atoms. The maximum Gasteiger partial charge on any atom is 0.271 e. The molecule has 3 rings (SSSR count). The Morgan fingerprint density at radius 2 is 2.10 bits per heavy atom. The topological polar surface area (TPSA) is 85.1 Å². The summed E-state index contributed by atoms with van der Waals surface area (Å²) < 4.78 is 28.3. The third-order valence-corrected chi connectivity index (χ3v) is 6.38. The van der Waals surface area contributed by atoms with Crippen molar-refractivity contribution in [3.63, 3.8) is 0 Å². The Morgan fingerprint density at radius 3 is 2.85 bits per heavy atom. The van der Waals surface area contributed by atoms with Crippen LogP contribution >= 0.6 is 22.7 Å². The number of thiazole rings is 1. The number of benzene rings is 1. The van der Waals surface area contributed by atoms with Crippen molar-refractivity contribution in [2.45, 2.75) is 10.8 Å². The third-order valence-electron chi connectivity index (χ3n) is 2.71. The maximum atomic E-state index is 12.3. The molecule has 0 aliphatic carbocycles. The second kappa shape index (κ2) is 5.13. The molecular weight excluding hydrogens is 314 g/mol. The number of fused-ring (bicyclic) bond motifs is 1. The Morgan fingerprint density at radius 1 is 1.25 bits per heavy atom. The van der Waals surface area contributed by atoms with E-state index in [-0.39, 0.29) is 4.21 Å². The average molecular weight is 325 g/mol. The van der Waals surface area contributed by atoms with Gasteiger partial charge in [-0.05, 0) is 35.2 Å². The minimum atomic E-state index is -3.56. The van der Waals surface area contributed by atoms with Crippen LogP contribution in [0.1, 0.15) is 5.56 Å². The predicted octanol–water partition coefficient (Wildman–Crippen LogP) is 2.62. The van der Waals surface area contributed by atoms with Crippen molar-refractivity contribution in [1.29, 1.82) is 0 Å². The zero-order valence-corrected chi connectivity index (χ0v) is 12.7. The molecule has 0 amide bonds. The lowest BCUT2D eigenvalue weighted by Crippen LogP contribution is -2.11. The number of nitrogens with two attached hydrogens (primary N) is 1. The first-order chi connectivity index (χ1) is 9.58. The van der Waals surface area contributed by atoms with E-state index in [2.05, 4.69) is 9.71 Å². The van der Waals surface area contributed by atoms with Crippen LogP contribution in [0, 0.1) is 0 Å². The van der Waals surface area contributed by atoms with Crippen LogP contribution in [0.25, 0.3) is 10.2 Å². The van der Waals surface area contributed by atoms with Crippen LogP contribution in [-0.4, -0.2) is 13.4 Å². The van der Waals surface area contributed by atoms with Gasteiger partial charge < -0.3 is 5.73 Å². The average Bonchev–Trinajstić information content (AvgIpc) is 3.06. The molecule has 8 heteroatoms. The first-order valence-corrected chi connectivity index (χ1v) is 8.96. The van der Waals surface area contributed by atoms with Crippen LogP contribution in [0.3, 0.4) is 0 Å². The Labute approximate surface area is 124 Å². The first kappa shape index (κ1) is 13.5. The summed E-state index contributed by atoms with van der Waals surface area (Å²) >= 11 is 2.64. The van der Waals surface area contributed by atoms with E-state index >= 15 is 0 Å². The molecule has 0 atom stereocenters. The fourth-order valence-corrected chi connectivity index (χ4v) is 4.71. The highest BCUT2D eigenvalue weighted by Gasteiger charge is 2.17. The number of hydrogen-bond donors (Lipinski definition) is 2. The molecule has 0 saturated carbocycles. The zero-order valence-electron chi connectivity index (χ0n) is 10.2. The van der Waals surface area contributed by atoms with E-state index < -0.39 is 10.0 Å². The largest absolute Gasteiger partial charge is 0.326 e. The van der Waals surface area contributed by atoms with Crippen molar-refractivity contribution >= 4 is 48.6 Å². The van der Waals surface area contributed by atoms with Crippen molar-refractivity contribution in [3.05, 3.63) is 40.7 Å². The molecule has 3 aromatic rings. The SMILES string of the molecule is NCc1csc(S(=O)(=O)Nc2ccc3ncsc3c2)c1. The van der Waals surface area contributed by atoms with Gasteiger partial charge in [0.15, 0.2) is 0 Å². The molecule has 104 valence electrons. The quantitative estimate of drug-likeness (QED) is 0.772. The number of sulfonamides is 1. The Hall–Kier alpha value is -1.48. The van der Waals surface area contributed by atoms with Gasteiger partial charge in [0, 0.05) is 6.54 Å². The van der Waals surface area contributed by atoms with E-state index in [9.17, 15) is 8.42 Å². The summed E-state index contributed by atoms with van der Waals surface area (Å²) in [6.45, 7) is 0.332. The summed E-state index contributed by atoms with van der Waals surface area (Å²) in [5, 5.41) is 1.75. The third kappa shape index (κ3) is 2.55. The van der Waals surface area contributed by atoms with Crippen molar-refractivity contribution in [1.82, 2.24) is 4.98 Å². The van der Waals surface area contributed by atoms with E-state index in [1.54, 1.807) is 35.2 Å². The highest BCUT2D eigenvalue weighted by molar-refractivity contribution is 7.94. The molecule has 2 aromatic heterocycles. The Bertz CT molecular complexity index is 852. The molecular formula is C12H11N3O2S3. The van der Waals surface area contributed by atoms with Crippen molar-refractivity contribution in [2.75, 3.05) is 4.72 Å². The number of aromatic nitrogens is 1. The Balaban J connectivity index is 1.92. The summed E-state index contributed by atoms with van der Waals surface area (Å²) in [5.41, 5.74) is 9.43. The summed E-state index contributed by atoms with van der Waals surface area (Å²) in [7, 11) is -3.56.